The highest BCUT2D eigenvalue weighted by atomic mass is 19.1. The molecule has 1 fully saturated rings. The Morgan fingerprint density at radius 1 is 1.12 bits per heavy atom. The zero-order valence-electron chi connectivity index (χ0n) is 14.2. The van der Waals surface area contributed by atoms with Gasteiger partial charge < -0.3 is 0 Å². The van der Waals surface area contributed by atoms with Crippen LogP contribution in [-0.2, 0) is 6.54 Å². The van der Waals surface area contributed by atoms with E-state index in [9.17, 15) is 4.39 Å². The Hall–Kier alpha value is -2.44. The lowest BCUT2D eigenvalue weighted by Gasteiger charge is -2.45. The predicted octanol–water partition coefficient (Wildman–Crippen LogP) is 4.91. The summed E-state index contributed by atoms with van der Waals surface area (Å²) in [6.45, 7) is 0.954. The largest absolute Gasteiger partial charge is 0.289 e. The standard InChI is InChI=1S/C22H21FN2/c23-22-11-17(14-24)9-10-21(22)18-12-19-7-4-8-20(13-18)25(19)15-16-5-2-1-3-6-16/h1-3,5-6,9-12,19-20H,4,7-8,13,15H2. The summed E-state index contributed by atoms with van der Waals surface area (Å²) in [4.78, 5) is 2.57. The van der Waals surface area contributed by atoms with Gasteiger partial charge in [-0.1, -0.05) is 48.9 Å². The molecule has 2 aromatic carbocycles. The maximum atomic E-state index is 14.4. The fourth-order valence-electron chi connectivity index (χ4n) is 4.20. The molecule has 1 saturated heterocycles. The molecule has 0 saturated carbocycles. The van der Waals surface area contributed by atoms with Gasteiger partial charge in [0.2, 0.25) is 0 Å². The Bertz CT molecular complexity index is 835. The first kappa shape index (κ1) is 16.1. The molecule has 2 heterocycles. The summed E-state index contributed by atoms with van der Waals surface area (Å²) in [5.41, 5.74) is 3.47. The molecule has 0 radical (unpaired) electrons. The monoisotopic (exact) mass is 332 g/mol. The summed E-state index contributed by atoms with van der Waals surface area (Å²) in [5.74, 6) is -0.278. The van der Waals surface area contributed by atoms with Crippen molar-refractivity contribution >= 4 is 5.57 Å². The second-order valence-corrected chi connectivity index (χ2v) is 7.01. The van der Waals surface area contributed by atoms with Crippen LogP contribution in [0.3, 0.4) is 0 Å². The minimum Gasteiger partial charge on any atom is -0.289 e. The number of hydrogen-bond donors (Lipinski definition) is 0. The van der Waals surface area contributed by atoms with Gasteiger partial charge in [-0.2, -0.15) is 5.26 Å². The van der Waals surface area contributed by atoms with Crippen LogP contribution >= 0.6 is 0 Å². The van der Waals surface area contributed by atoms with Crippen LogP contribution in [0.2, 0.25) is 0 Å². The highest BCUT2D eigenvalue weighted by Gasteiger charge is 2.34. The fraction of sp³-hybridized carbons (Fsp3) is 0.318. The Morgan fingerprint density at radius 3 is 2.68 bits per heavy atom. The molecule has 0 spiro atoms. The molecule has 2 bridgehead atoms. The summed E-state index contributed by atoms with van der Waals surface area (Å²) in [6.07, 6.45) is 6.67. The quantitative estimate of drug-likeness (QED) is 0.799. The predicted molar refractivity (Wildman–Crippen MR) is 97.1 cm³/mol. The third-order valence-electron chi connectivity index (χ3n) is 5.43. The molecule has 0 N–H and O–H groups in total. The number of piperidine rings is 1. The van der Waals surface area contributed by atoms with Gasteiger partial charge in [-0.15, -0.1) is 0 Å². The summed E-state index contributed by atoms with van der Waals surface area (Å²) < 4.78 is 14.4. The molecule has 4 rings (SSSR count). The van der Waals surface area contributed by atoms with Crippen LogP contribution in [-0.4, -0.2) is 17.0 Å². The molecule has 3 heteroatoms. The number of benzene rings is 2. The molecule has 126 valence electrons. The van der Waals surface area contributed by atoms with Crippen LogP contribution in [0.1, 0.15) is 42.4 Å². The third kappa shape index (κ3) is 3.23. The van der Waals surface area contributed by atoms with Gasteiger partial charge in [0.15, 0.2) is 0 Å². The second-order valence-electron chi connectivity index (χ2n) is 7.01. The number of nitriles is 1. The normalized spacial score (nSPS) is 23.0. The van der Waals surface area contributed by atoms with Crippen molar-refractivity contribution in [3.05, 3.63) is 77.1 Å². The van der Waals surface area contributed by atoms with Crippen molar-refractivity contribution in [2.24, 2.45) is 0 Å². The van der Waals surface area contributed by atoms with Gasteiger partial charge >= 0.3 is 0 Å². The summed E-state index contributed by atoms with van der Waals surface area (Å²) >= 11 is 0. The Morgan fingerprint density at radius 2 is 1.96 bits per heavy atom. The topological polar surface area (TPSA) is 27.0 Å². The molecule has 2 atom stereocenters. The molecule has 2 aliphatic heterocycles. The average Bonchev–Trinajstić information content (AvgIpc) is 2.62. The molecule has 2 unspecified atom stereocenters. The zero-order chi connectivity index (χ0) is 17.2. The number of nitrogens with zero attached hydrogens (tertiary/aromatic N) is 2. The van der Waals surface area contributed by atoms with Crippen molar-refractivity contribution in [3.63, 3.8) is 0 Å². The van der Waals surface area contributed by atoms with E-state index in [1.165, 1.54) is 24.5 Å². The number of hydrogen-bond acceptors (Lipinski definition) is 2. The maximum Gasteiger partial charge on any atom is 0.132 e. The lowest BCUT2D eigenvalue weighted by molar-refractivity contribution is 0.0950. The van der Waals surface area contributed by atoms with Crippen molar-refractivity contribution in [1.29, 1.82) is 5.26 Å². The smallest absolute Gasteiger partial charge is 0.132 e. The lowest BCUT2D eigenvalue weighted by atomic mass is 9.82. The van der Waals surface area contributed by atoms with Gasteiger partial charge in [0, 0.05) is 24.2 Å². The van der Waals surface area contributed by atoms with E-state index in [4.69, 9.17) is 5.26 Å². The van der Waals surface area contributed by atoms with E-state index in [1.54, 1.807) is 12.1 Å². The van der Waals surface area contributed by atoms with Gasteiger partial charge in [-0.25, -0.2) is 4.39 Å². The highest BCUT2D eigenvalue weighted by molar-refractivity contribution is 5.69. The molecule has 0 aliphatic carbocycles. The number of halogens is 1. The minimum atomic E-state index is -0.278. The van der Waals surface area contributed by atoms with E-state index in [0.29, 0.717) is 23.2 Å². The third-order valence-corrected chi connectivity index (χ3v) is 5.43. The SMILES string of the molecule is N#Cc1ccc(C2=CC3CCCC(C2)N3Cc2ccccc2)c(F)c1. The first-order valence-corrected chi connectivity index (χ1v) is 8.95. The van der Waals surface area contributed by atoms with Crippen molar-refractivity contribution in [3.8, 4) is 6.07 Å². The Kier molecular flexibility index (Phi) is 4.38. The molecule has 2 nitrogen and oxygen atoms in total. The van der Waals surface area contributed by atoms with E-state index >= 15 is 0 Å². The van der Waals surface area contributed by atoms with Crippen LogP contribution < -0.4 is 0 Å². The summed E-state index contributed by atoms with van der Waals surface area (Å²) in [6, 6.07) is 18.2. The van der Waals surface area contributed by atoms with E-state index < -0.39 is 0 Å². The minimum absolute atomic E-state index is 0.278. The summed E-state index contributed by atoms with van der Waals surface area (Å²) in [7, 11) is 0. The fourth-order valence-corrected chi connectivity index (χ4v) is 4.20. The van der Waals surface area contributed by atoms with Crippen molar-refractivity contribution in [2.75, 3.05) is 0 Å². The zero-order valence-corrected chi connectivity index (χ0v) is 14.2. The van der Waals surface area contributed by atoms with Gasteiger partial charge in [0.1, 0.15) is 5.82 Å². The van der Waals surface area contributed by atoms with Crippen LogP contribution in [0, 0.1) is 17.1 Å². The van der Waals surface area contributed by atoms with Crippen LogP contribution in [0.4, 0.5) is 4.39 Å². The first-order valence-electron chi connectivity index (χ1n) is 8.95. The molecule has 2 aliphatic rings. The van der Waals surface area contributed by atoms with Crippen molar-refractivity contribution < 1.29 is 4.39 Å². The molecular formula is C22H21FN2. The highest BCUT2D eigenvalue weighted by Crippen LogP contribution is 2.38. The molecule has 2 aromatic rings. The van der Waals surface area contributed by atoms with Gasteiger partial charge in [0.25, 0.3) is 0 Å². The molecule has 25 heavy (non-hydrogen) atoms. The molecule has 0 amide bonds. The first-order chi connectivity index (χ1) is 12.2. The second kappa shape index (κ2) is 6.82. The Balaban J connectivity index is 1.62. The molecule has 0 aromatic heterocycles. The van der Waals surface area contributed by atoms with Crippen LogP contribution in [0.25, 0.3) is 5.57 Å². The van der Waals surface area contributed by atoms with E-state index in [0.717, 1.165) is 25.0 Å². The van der Waals surface area contributed by atoms with E-state index in [2.05, 4.69) is 35.2 Å². The van der Waals surface area contributed by atoms with Gasteiger partial charge in [-0.3, -0.25) is 4.90 Å². The van der Waals surface area contributed by atoms with Crippen molar-refractivity contribution in [1.82, 2.24) is 4.90 Å². The average molecular weight is 332 g/mol. The van der Waals surface area contributed by atoms with Gasteiger partial charge in [-0.05, 0) is 42.5 Å². The van der Waals surface area contributed by atoms with Crippen LogP contribution in [0.15, 0.2) is 54.6 Å². The van der Waals surface area contributed by atoms with E-state index in [1.807, 2.05) is 12.1 Å². The number of fused-ring (bicyclic) bond motifs is 2. The van der Waals surface area contributed by atoms with E-state index in [-0.39, 0.29) is 5.82 Å². The van der Waals surface area contributed by atoms with Gasteiger partial charge in [0.05, 0.1) is 11.6 Å². The number of rotatable bonds is 3. The summed E-state index contributed by atoms with van der Waals surface area (Å²) in [5, 5.41) is 8.93. The lowest BCUT2D eigenvalue weighted by Crippen LogP contribution is -2.47. The van der Waals surface area contributed by atoms with Crippen LogP contribution in [0.5, 0.6) is 0 Å². The Labute approximate surface area is 148 Å². The van der Waals surface area contributed by atoms with Crippen molar-refractivity contribution in [2.45, 2.75) is 44.3 Å². The molecular weight excluding hydrogens is 311 g/mol. The maximum absolute atomic E-state index is 14.4.